The molecule has 0 saturated carbocycles. The van der Waals surface area contributed by atoms with E-state index < -0.39 is 0 Å². The van der Waals surface area contributed by atoms with Gasteiger partial charge in [0.2, 0.25) is 5.91 Å². The summed E-state index contributed by atoms with van der Waals surface area (Å²) < 4.78 is 5.34. The summed E-state index contributed by atoms with van der Waals surface area (Å²) in [6.45, 7) is 0.664. The third kappa shape index (κ3) is 3.15. The zero-order valence-electron chi connectivity index (χ0n) is 12.8. The number of aromatic nitrogens is 1. The lowest BCUT2D eigenvalue weighted by molar-refractivity contribution is -0.117. The van der Waals surface area contributed by atoms with Crippen LogP contribution >= 0.6 is 0 Å². The fourth-order valence-electron chi connectivity index (χ4n) is 2.59. The molecule has 0 unspecified atom stereocenters. The van der Waals surface area contributed by atoms with Gasteiger partial charge in [0.05, 0.1) is 12.8 Å². The van der Waals surface area contributed by atoms with Crippen LogP contribution in [0.3, 0.4) is 0 Å². The summed E-state index contributed by atoms with van der Waals surface area (Å²) in [7, 11) is 1.56. The number of carbonyl (C=O) groups excluding carboxylic acids is 2. The Morgan fingerprint density at radius 2 is 2.04 bits per heavy atom. The van der Waals surface area contributed by atoms with E-state index in [4.69, 9.17) is 4.74 Å². The van der Waals surface area contributed by atoms with Gasteiger partial charge in [0.1, 0.15) is 5.75 Å². The number of ether oxygens (including phenoxy) is 1. The van der Waals surface area contributed by atoms with E-state index in [1.807, 2.05) is 0 Å². The van der Waals surface area contributed by atoms with Crippen LogP contribution in [0.15, 0.2) is 42.7 Å². The fraction of sp³-hybridized carbons (Fsp3) is 0.235. The van der Waals surface area contributed by atoms with Crippen LogP contribution in [0.5, 0.6) is 5.75 Å². The van der Waals surface area contributed by atoms with Crippen LogP contribution in [-0.2, 0) is 4.79 Å². The average molecular weight is 311 g/mol. The number of nitrogens with zero attached hydrogens (tertiary/aromatic N) is 2. The molecule has 0 aliphatic carbocycles. The number of anilines is 2. The Hall–Kier alpha value is -2.89. The Morgan fingerprint density at radius 1 is 1.26 bits per heavy atom. The molecule has 118 valence electrons. The minimum Gasteiger partial charge on any atom is -0.495 e. The van der Waals surface area contributed by atoms with Crippen molar-refractivity contribution in [3.63, 3.8) is 0 Å². The summed E-state index contributed by atoms with van der Waals surface area (Å²) in [6, 6.07) is 8.56. The van der Waals surface area contributed by atoms with Crippen molar-refractivity contribution in [1.82, 2.24) is 4.98 Å². The van der Waals surface area contributed by atoms with Crippen LogP contribution in [0, 0.1) is 0 Å². The number of hydrogen-bond donors (Lipinski definition) is 1. The van der Waals surface area contributed by atoms with E-state index in [1.54, 1.807) is 54.7 Å². The maximum absolute atomic E-state index is 12.2. The van der Waals surface area contributed by atoms with Gasteiger partial charge in [0.15, 0.2) is 0 Å². The molecule has 6 heteroatoms. The molecule has 2 heterocycles. The van der Waals surface area contributed by atoms with Crippen molar-refractivity contribution in [2.75, 3.05) is 23.9 Å². The molecule has 1 N–H and O–H groups in total. The summed E-state index contributed by atoms with van der Waals surface area (Å²) in [5, 5.41) is 2.83. The van der Waals surface area contributed by atoms with E-state index in [2.05, 4.69) is 10.3 Å². The first-order valence-corrected chi connectivity index (χ1v) is 7.39. The molecule has 2 amide bonds. The molecule has 1 aromatic carbocycles. The van der Waals surface area contributed by atoms with Crippen LogP contribution in [0.2, 0.25) is 0 Å². The monoisotopic (exact) mass is 311 g/mol. The fourth-order valence-corrected chi connectivity index (χ4v) is 2.59. The summed E-state index contributed by atoms with van der Waals surface area (Å²) in [4.78, 5) is 29.8. The van der Waals surface area contributed by atoms with E-state index in [0.717, 1.165) is 6.42 Å². The van der Waals surface area contributed by atoms with Gasteiger partial charge < -0.3 is 15.0 Å². The Morgan fingerprint density at radius 3 is 2.70 bits per heavy atom. The van der Waals surface area contributed by atoms with Crippen LogP contribution in [-0.4, -0.2) is 30.5 Å². The number of methoxy groups -OCH3 is 1. The molecule has 0 atom stereocenters. The molecule has 0 bridgehead atoms. The van der Waals surface area contributed by atoms with Crippen molar-refractivity contribution in [3.8, 4) is 5.75 Å². The lowest BCUT2D eigenvalue weighted by Crippen LogP contribution is -2.24. The molecule has 3 rings (SSSR count). The number of pyridine rings is 1. The molecule has 1 aliphatic heterocycles. The molecule has 1 aromatic heterocycles. The van der Waals surface area contributed by atoms with Gasteiger partial charge in [-0.05, 0) is 36.8 Å². The standard InChI is InChI=1S/C17H17N3O3/c1-23-15-5-4-13(11-14(15)20-10-2-3-16(20)21)19-17(22)12-6-8-18-9-7-12/h4-9,11H,2-3,10H2,1H3,(H,19,22). The second-order valence-corrected chi connectivity index (χ2v) is 5.23. The third-order valence-electron chi connectivity index (χ3n) is 3.74. The predicted molar refractivity (Wildman–Crippen MR) is 86.8 cm³/mol. The van der Waals surface area contributed by atoms with Crippen molar-refractivity contribution in [1.29, 1.82) is 0 Å². The number of hydrogen-bond acceptors (Lipinski definition) is 4. The smallest absolute Gasteiger partial charge is 0.255 e. The highest BCUT2D eigenvalue weighted by molar-refractivity contribution is 6.05. The maximum Gasteiger partial charge on any atom is 0.255 e. The molecule has 23 heavy (non-hydrogen) atoms. The summed E-state index contributed by atoms with van der Waals surface area (Å²) in [5.41, 5.74) is 1.82. The lowest BCUT2D eigenvalue weighted by Gasteiger charge is -2.20. The van der Waals surface area contributed by atoms with Crippen molar-refractivity contribution in [2.45, 2.75) is 12.8 Å². The molecule has 1 saturated heterocycles. The first-order chi connectivity index (χ1) is 11.2. The minimum atomic E-state index is -0.226. The Labute approximate surface area is 134 Å². The van der Waals surface area contributed by atoms with E-state index in [-0.39, 0.29) is 11.8 Å². The van der Waals surface area contributed by atoms with E-state index in [9.17, 15) is 9.59 Å². The van der Waals surface area contributed by atoms with Crippen molar-refractivity contribution >= 4 is 23.2 Å². The van der Waals surface area contributed by atoms with Crippen LogP contribution in [0.4, 0.5) is 11.4 Å². The molecule has 1 fully saturated rings. The zero-order valence-corrected chi connectivity index (χ0v) is 12.8. The third-order valence-corrected chi connectivity index (χ3v) is 3.74. The number of rotatable bonds is 4. The van der Waals surface area contributed by atoms with Crippen LogP contribution in [0.25, 0.3) is 0 Å². The van der Waals surface area contributed by atoms with Crippen molar-refractivity contribution in [3.05, 3.63) is 48.3 Å². The number of nitrogens with one attached hydrogen (secondary N) is 1. The second kappa shape index (κ2) is 6.48. The number of carbonyl (C=O) groups is 2. The highest BCUT2D eigenvalue weighted by Gasteiger charge is 2.24. The van der Waals surface area contributed by atoms with Gasteiger partial charge >= 0.3 is 0 Å². The first-order valence-electron chi connectivity index (χ1n) is 7.39. The van der Waals surface area contributed by atoms with Gasteiger partial charge in [-0.3, -0.25) is 14.6 Å². The molecule has 2 aromatic rings. The molecule has 1 aliphatic rings. The molecular weight excluding hydrogens is 294 g/mol. The minimum absolute atomic E-state index is 0.0703. The van der Waals surface area contributed by atoms with Gasteiger partial charge in [0.25, 0.3) is 5.91 Å². The largest absolute Gasteiger partial charge is 0.495 e. The number of amides is 2. The Bertz CT molecular complexity index is 731. The summed E-state index contributed by atoms with van der Waals surface area (Å²) >= 11 is 0. The second-order valence-electron chi connectivity index (χ2n) is 5.23. The lowest BCUT2D eigenvalue weighted by atomic mass is 10.2. The van der Waals surface area contributed by atoms with Crippen LogP contribution < -0.4 is 15.0 Å². The van der Waals surface area contributed by atoms with Crippen LogP contribution in [0.1, 0.15) is 23.2 Å². The van der Waals surface area contributed by atoms with Crippen molar-refractivity contribution < 1.29 is 14.3 Å². The topological polar surface area (TPSA) is 71.5 Å². The predicted octanol–water partition coefficient (Wildman–Crippen LogP) is 2.47. The molecule has 6 nitrogen and oxygen atoms in total. The average Bonchev–Trinajstić information content (AvgIpc) is 3.01. The normalized spacial score (nSPS) is 14.0. The highest BCUT2D eigenvalue weighted by atomic mass is 16.5. The first kappa shape index (κ1) is 15.0. The van der Waals surface area contributed by atoms with Gasteiger partial charge in [-0.1, -0.05) is 0 Å². The quantitative estimate of drug-likeness (QED) is 0.941. The van der Waals surface area contributed by atoms with Crippen molar-refractivity contribution in [2.24, 2.45) is 0 Å². The summed E-state index contributed by atoms with van der Waals surface area (Å²) in [5.74, 6) is 0.458. The van der Waals surface area contributed by atoms with E-state index >= 15 is 0 Å². The van der Waals surface area contributed by atoms with E-state index in [1.165, 1.54) is 0 Å². The van der Waals surface area contributed by atoms with E-state index in [0.29, 0.717) is 35.7 Å². The SMILES string of the molecule is COc1ccc(NC(=O)c2ccncc2)cc1N1CCCC1=O. The molecular formula is C17H17N3O3. The highest BCUT2D eigenvalue weighted by Crippen LogP contribution is 2.34. The van der Waals surface area contributed by atoms with Gasteiger partial charge in [-0.25, -0.2) is 0 Å². The summed E-state index contributed by atoms with van der Waals surface area (Å²) in [6.07, 6.45) is 4.50. The van der Waals surface area contributed by atoms with Gasteiger partial charge in [0, 0.05) is 36.6 Å². The zero-order chi connectivity index (χ0) is 16.2. The number of benzene rings is 1. The van der Waals surface area contributed by atoms with Gasteiger partial charge in [-0.2, -0.15) is 0 Å². The maximum atomic E-state index is 12.2. The Kier molecular flexibility index (Phi) is 4.23. The van der Waals surface area contributed by atoms with Gasteiger partial charge in [-0.15, -0.1) is 0 Å². The molecule has 0 radical (unpaired) electrons. The molecule has 0 spiro atoms. The Balaban J connectivity index is 1.86.